The molecule has 1 aromatic heterocycles. The van der Waals surface area contributed by atoms with Gasteiger partial charge >= 0.3 is 0 Å². The van der Waals surface area contributed by atoms with E-state index in [4.69, 9.17) is 4.52 Å². The van der Waals surface area contributed by atoms with Gasteiger partial charge in [-0.2, -0.15) is 0 Å². The second kappa shape index (κ2) is 7.43. The molecular weight excluding hydrogens is 320 g/mol. The molecule has 0 atom stereocenters. The Balaban J connectivity index is 1.76. The summed E-state index contributed by atoms with van der Waals surface area (Å²) >= 11 is 1.67. The van der Waals surface area contributed by atoms with E-state index >= 15 is 0 Å². The van der Waals surface area contributed by atoms with Gasteiger partial charge in [0.15, 0.2) is 0 Å². The lowest BCUT2D eigenvalue weighted by Gasteiger charge is -2.25. The number of aromatic nitrogens is 1. The minimum Gasteiger partial charge on any atom is -0.361 e. The van der Waals surface area contributed by atoms with Crippen LogP contribution >= 0.6 is 11.8 Å². The van der Waals surface area contributed by atoms with Crippen molar-refractivity contribution in [3.8, 4) is 0 Å². The van der Waals surface area contributed by atoms with E-state index in [1.54, 1.807) is 11.8 Å². The van der Waals surface area contributed by atoms with E-state index in [1.165, 1.54) is 12.8 Å². The highest BCUT2D eigenvalue weighted by molar-refractivity contribution is 7.98. The minimum atomic E-state index is 0.128. The van der Waals surface area contributed by atoms with Crippen molar-refractivity contribution in [3.63, 3.8) is 0 Å². The molecule has 1 amide bonds. The molecule has 0 N–H and O–H groups in total. The number of carbonyl (C=O) groups is 1. The maximum Gasteiger partial charge on any atom is 0.254 e. The summed E-state index contributed by atoms with van der Waals surface area (Å²) in [5, 5.41) is 4.00. The molecule has 1 saturated carbocycles. The van der Waals surface area contributed by atoms with E-state index in [0.717, 1.165) is 46.1 Å². The van der Waals surface area contributed by atoms with Crippen molar-refractivity contribution in [1.82, 2.24) is 10.1 Å². The summed E-state index contributed by atoms with van der Waals surface area (Å²) in [5.74, 6) is 1.74. The van der Waals surface area contributed by atoms with Gasteiger partial charge in [-0.3, -0.25) is 4.79 Å². The van der Waals surface area contributed by atoms with Gasteiger partial charge in [0.2, 0.25) is 0 Å². The second-order valence-corrected chi connectivity index (χ2v) is 7.46. The highest BCUT2D eigenvalue weighted by Crippen LogP contribution is 2.31. The molecule has 2 aromatic rings. The SMILES string of the molecule is Cc1noc(C)c1CSc1ccccc1C(=O)N(C)C1CCCC1. The Hall–Kier alpha value is -1.75. The molecule has 0 spiro atoms. The summed E-state index contributed by atoms with van der Waals surface area (Å²) in [6.45, 7) is 3.89. The maximum absolute atomic E-state index is 12.9. The zero-order valence-electron chi connectivity index (χ0n) is 14.5. The Morgan fingerprint density at radius 1 is 1.29 bits per heavy atom. The second-order valence-electron chi connectivity index (χ2n) is 6.44. The number of amides is 1. The largest absolute Gasteiger partial charge is 0.361 e. The van der Waals surface area contributed by atoms with Crippen LogP contribution in [0.1, 0.15) is 53.1 Å². The first-order valence-electron chi connectivity index (χ1n) is 8.48. The average Bonchev–Trinajstić information content (AvgIpc) is 3.23. The Morgan fingerprint density at radius 3 is 2.67 bits per heavy atom. The van der Waals surface area contributed by atoms with Crippen LogP contribution in [0.25, 0.3) is 0 Å². The normalized spacial score (nSPS) is 15.0. The van der Waals surface area contributed by atoms with E-state index in [-0.39, 0.29) is 5.91 Å². The fourth-order valence-corrected chi connectivity index (χ4v) is 4.47. The van der Waals surface area contributed by atoms with Crippen molar-refractivity contribution in [1.29, 1.82) is 0 Å². The molecule has 0 unspecified atom stereocenters. The first kappa shape index (κ1) is 17.1. The van der Waals surface area contributed by atoms with Crippen molar-refractivity contribution in [2.24, 2.45) is 0 Å². The molecule has 0 saturated heterocycles. The molecule has 1 aromatic carbocycles. The molecular formula is C19H24N2O2S. The van der Waals surface area contributed by atoms with Crippen molar-refractivity contribution in [2.45, 2.75) is 56.2 Å². The first-order valence-corrected chi connectivity index (χ1v) is 9.47. The van der Waals surface area contributed by atoms with Crippen LogP contribution in [0, 0.1) is 13.8 Å². The van der Waals surface area contributed by atoms with Crippen LogP contribution in [-0.4, -0.2) is 29.1 Å². The Labute approximate surface area is 147 Å². The summed E-state index contributed by atoms with van der Waals surface area (Å²) in [6.07, 6.45) is 4.70. The van der Waals surface area contributed by atoms with Crippen LogP contribution in [0.2, 0.25) is 0 Å². The number of aryl methyl sites for hydroxylation is 2. The Morgan fingerprint density at radius 2 is 2.00 bits per heavy atom. The maximum atomic E-state index is 12.9. The van der Waals surface area contributed by atoms with Crippen molar-refractivity contribution < 1.29 is 9.32 Å². The minimum absolute atomic E-state index is 0.128. The zero-order chi connectivity index (χ0) is 17.1. The van der Waals surface area contributed by atoms with Crippen molar-refractivity contribution in [2.75, 3.05) is 7.05 Å². The molecule has 1 fully saturated rings. The highest BCUT2D eigenvalue weighted by Gasteiger charge is 2.25. The quantitative estimate of drug-likeness (QED) is 0.744. The third kappa shape index (κ3) is 3.51. The fourth-order valence-electron chi connectivity index (χ4n) is 3.27. The van der Waals surface area contributed by atoms with Gasteiger partial charge in [0, 0.05) is 29.3 Å². The molecule has 5 heteroatoms. The average molecular weight is 344 g/mol. The number of hydrogen-bond donors (Lipinski definition) is 0. The van der Waals surface area contributed by atoms with Crippen LogP contribution in [-0.2, 0) is 5.75 Å². The van der Waals surface area contributed by atoms with Gasteiger partial charge in [-0.15, -0.1) is 11.8 Å². The van der Waals surface area contributed by atoms with Gasteiger partial charge < -0.3 is 9.42 Å². The number of carbonyl (C=O) groups excluding carboxylic acids is 1. The van der Waals surface area contributed by atoms with Gasteiger partial charge in [0.05, 0.1) is 11.3 Å². The Kier molecular flexibility index (Phi) is 5.29. The predicted molar refractivity (Wildman–Crippen MR) is 96.3 cm³/mol. The molecule has 3 rings (SSSR count). The summed E-state index contributed by atoms with van der Waals surface area (Å²) in [5.41, 5.74) is 2.84. The van der Waals surface area contributed by atoms with E-state index in [1.807, 2.05) is 50.1 Å². The van der Waals surface area contributed by atoms with Gasteiger partial charge in [0.25, 0.3) is 5.91 Å². The Bertz CT molecular complexity index is 700. The number of thioether (sulfide) groups is 1. The number of hydrogen-bond acceptors (Lipinski definition) is 4. The first-order chi connectivity index (χ1) is 11.6. The smallest absolute Gasteiger partial charge is 0.254 e. The van der Waals surface area contributed by atoms with Crippen molar-refractivity contribution in [3.05, 3.63) is 46.8 Å². The summed E-state index contributed by atoms with van der Waals surface area (Å²) in [4.78, 5) is 15.9. The zero-order valence-corrected chi connectivity index (χ0v) is 15.4. The number of benzene rings is 1. The summed E-state index contributed by atoms with van der Waals surface area (Å²) in [7, 11) is 1.94. The summed E-state index contributed by atoms with van der Waals surface area (Å²) in [6, 6.07) is 8.28. The van der Waals surface area contributed by atoms with E-state index in [2.05, 4.69) is 5.16 Å². The van der Waals surface area contributed by atoms with Gasteiger partial charge in [0.1, 0.15) is 5.76 Å². The lowest BCUT2D eigenvalue weighted by molar-refractivity contribution is 0.0731. The molecule has 0 bridgehead atoms. The molecule has 24 heavy (non-hydrogen) atoms. The van der Waals surface area contributed by atoms with Gasteiger partial charge in [-0.1, -0.05) is 30.1 Å². The lowest BCUT2D eigenvalue weighted by Crippen LogP contribution is -2.35. The fraction of sp³-hybridized carbons (Fsp3) is 0.474. The number of rotatable bonds is 5. The monoisotopic (exact) mass is 344 g/mol. The van der Waals surface area contributed by atoms with Crippen LogP contribution in [0.15, 0.2) is 33.7 Å². The van der Waals surface area contributed by atoms with E-state index in [9.17, 15) is 4.79 Å². The lowest BCUT2D eigenvalue weighted by atomic mass is 10.1. The van der Waals surface area contributed by atoms with Crippen LogP contribution < -0.4 is 0 Å². The standard InChI is InChI=1S/C19H24N2O2S/c1-13-17(14(2)23-20-13)12-24-18-11-7-6-10-16(18)19(22)21(3)15-8-4-5-9-15/h6-7,10-11,15H,4-5,8-9,12H2,1-3H3. The molecule has 1 aliphatic rings. The van der Waals surface area contributed by atoms with E-state index < -0.39 is 0 Å². The molecule has 0 aliphatic heterocycles. The summed E-state index contributed by atoms with van der Waals surface area (Å²) < 4.78 is 5.23. The third-order valence-electron chi connectivity index (χ3n) is 4.86. The van der Waals surface area contributed by atoms with Gasteiger partial charge in [-0.25, -0.2) is 0 Å². The van der Waals surface area contributed by atoms with Crippen LogP contribution in [0.3, 0.4) is 0 Å². The number of nitrogens with zero attached hydrogens (tertiary/aromatic N) is 2. The van der Waals surface area contributed by atoms with Gasteiger partial charge in [-0.05, 0) is 38.8 Å². The van der Waals surface area contributed by atoms with Crippen LogP contribution in [0.5, 0.6) is 0 Å². The molecule has 1 aliphatic carbocycles. The van der Waals surface area contributed by atoms with Crippen LogP contribution in [0.4, 0.5) is 0 Å². The molecule has 4 nitrogen and oxygen atoms in total. The topological polar surface area (TPSA) is 46.3 Å². The predicted octanol–water partition coefficient (Wildman–Crippen LogP) is 4.60. The molecule has 1 heterocycles. The van der Waals surface area contributed by atoms with Crippen molar-refractivity contribution >= 4 is 17.7 Å². The van der Waals surface area contributed by atoms with E-state index in [0.29, 0.717) is 6.04 Å². The molecule has 128 valence electrons. The molecule has 0 radical (unpaired) electrons. The third-order valence-corrected chi connectivity index (χ3v) is 5.96. The highest BCUT2D eigenvalue weighted by atomic mass is 32.2.